The Balaban J connectivity index is 1.71. The van der Waals surface area contributed by atoms with Gasteiger partial charge in [0.2, 0.25) is 5.95 Å². The molecule has 198 valence electrons. The van der Waals surface area contributed by atoms with E-state index in [9.17, 15) is 14.4 Å². The van der Waals surface area contributed by atoms with Gasteiger partial charge in [-0.05, 0) is 50.5 Å². The number of nitrogen functional groups attached to an aromatic ring is 2. The molecule has 1 atom stereocenters. The smallest absolute Gasteiger partial charge is 0.328 e. The summed E-state index contributed by atoms with van der Waals surface area (Å²) < 4.78 is 9.97. The third-order valence-electron chi connectivity index (χ3n) is 5.55. The Morgan fingerprint density at radius 2 is 1.86 bits per heavy atom. The monoisotopic (exact) mass is 529 g/mol. The quantitative estimate of drug-likeness (QED) is 0.310. The molecule has 0 saturated carbocycles. The van der Waals surface area contributed by atoms with Crippen molar-refractivity contribution in [2.45, 2.75) is 46.2 Å². The minimum absolute atomic E-state index is 0.0165. The number of amides is 1. The number of anilines is 3. The van der Waals surface area contributed by atoms with Gasteiger partial charge in [-0.15, -0.1) is 11.3 Å². The molecular weight excluding hydrogens is 498 g/mol. The second-order valence-corrected chi connectivity index (χ2v) is 9.25. The number of esters is 2. The van der Waals surface area contributed by atoms with Gasteiger partial charge >= 0.3 is 11.9 Å². The summed E-state index contributed by atoms with van der Waals surface area (Å²) in [5, 5.41) is 4.16. The van der Waals surface area contributed by atoms with Gasteiger partial charge in [0.1, 0.15) is 11.9 Å². The highest BCUT2D eigenvalue weighted by Crippen LogP contribution is 2.29. The number of aromatic nitrogens is 3. The average molecular weight is 530 g/mol. The largest absolute Gasteiger partial charge is 0.466 e. The summed E-state index contributed by atoms with van der Waals surface area (Å²) >= 11 is 1.27. The van der Waals surface area contributed by atoms with Crippen molar-refractivity contribution in [2.75, 3.05) is 36.6 Å². The fourth-order valence-corrected chi connectivity index (χ4v) is 4.57. The average Bonchev–Trinajstić information content (AvgIpc) is 3.34. The van der Waals surface area contributed by atoms with Gasteiger partial charge in [0.25, 0.3) is 5.91 Å². The standard InChI is InChI=1S/C24H31N7O5S/c1-5-35-18(32)10-7-15(23(34)36-6-2)28-22(33)16-8-9-17(37-16)31(4)12-14-11-27-21-19(13(14)3)20(25)29-24(26)30-21/h8-9,11,15H,5-7,10,12H2,1-4H3,(H,28,33)(H4,25,26,27,29,30)/t15-/m0/s1. The van der Waals surface area contributed by atoms with E-state index in [1.54, 1.807) is 26.1 Å². The van der Waals surface area contributed by atoms with E-state index in [0.29, 0.717) is 22.5 Å². The molecule has 3 aromatic rings. The van der Waals surface area contributed by atoms with Crippen LogP contribution in [0.3, 0.4) is 0 Å². The molecule has 0 spiro atoms. The molecule has 0 bridgehead atoms. The Hall–Kier alpha value is -4.00. The van der Waals surface area contributed by atoms with Crippen LogP contribution in [0.2, 0.25) is 0 Å². The number of nitrogens with zero attached hydrogens (tertiary/aromatic N) is 4. The van der Waals surface area contributed by atoms with E-state index >= 15 is 0 Å². The molecule has 13 heteroatoms. The van der Waals surface area contributed by atoms with Gasteiger partial charge in [0.05, 0.1) is 28.5 Å². The molecule has 0 radical (unpaired) electrons. The minimum atomic E-state index is -0.965. The molecule has 3 rings (SSSR count). The number of rotatable bonds is 11. The summed E-state index contributed by atoms with van der Waals surface area (Å²) in [5.41, 5.74) is 14.0. The highest BCUT2D eigenvalue weighted by Gasteiger charge is 2.25. The molecule has 3 heterocycles. The molecule has 37 heavy (non-hydrogen) atoms. The first-order chi connectivity index (χ1) is 17.6. The molecule has 0 fully saturated rings. The Kier molecular flexibility index (Phi) is 9.17. The molecule has 1 amide bonds. The number of carbonyl (C=O) groups is 3. The summed E-state index contributed by atoms with van der Waals surface area (Å²) in [7, 11) is 1.89. The maximum atomic E-state index is 12.9. The van der Waals surface area contributed by atoms with Gasteiger partial charge in [0.15, 0.2) is 5.65 Å². The molecule has 0 aliphatic rings. The number of fused-ring (bicyclic) bond motifs is 1. The van der Waals surface area contributed by atoms with Crippen LogP contribution >= 0.6 is 11.3 Å². The first-order valence-corrected chi connectivity index (χ1v) is 12.6. The molecule has 0 aliphatic heterocycles. The third-order valence-corrected chi connectivity index (χ3v) is 6.75. The number of hydrogen-bond donors (Lipinski definition) is 3. The zero-order chi connectivity index (χ0) is 27.1. The molecule has 0 unspecified atom stereocenters. The van der Waals surface area contributed by atoms with Crippen molar-refractivity contribution in [3.8, 4) is 0 Å². The molecular formula is C24H31N7O5S. The Morgan fingerprint density at radius 1 is 1.14 bits per heavy atom. The minimum Gasteiger partial charge on any atom is -0.466 e. The van der Waals surface area contributed by atoms with E-state index in [-0.39, 0.29) is 37.8 Å². The maximum Gasteiger partial charge on any atom is 0.328 e. The van der Waals surface area contributed by atoms with Crippen molar-refractivity contribution in [2.24, 2.45) is 0 Å². The number of thiophene rings is 1. The van der Waals surface area contributed by atoms with Crippen LogP contribution in [0.15, 0.2) is 18.3 Å². The van der Waals surface area contributed by atoms with E-state index in [4.69, 9.17) is 20.9 Å². The van der Waals surface area contributed by atoms with Gasteiger partial charge in [-0.3, -0.25) is 9.59 Å². The topological polar surface area (TPSA) is 176 Å². The van der Waals surface area contributed by atoms with E-state index < -0.39 is 23.9 Å². The summed E-state index contributed by atoms with van der Waals surface area (Å²) in [6.07, 6.45) is 1.78. The van der Waals surface area contributed by atoms with Crippen LogP contribution in [-0.2, 0) is 25.6 Å². The lowest BCUT2D eigenvalue weighted by Crippen LogP contribution is -2.42. The number of aryl methyl sites for hydroxylation is 1. The number of nitrogens with two attached hydrogens (primary N) is 2. The number of nitrogens with one attached hydrogen (secondary N) is 1. The van der Waals surface area contributed by atoms with Gasteiger partial charge in [-0.2, -0.15) is 9.97 Å². The van der Waals surface area contributed by atoms with E-state index in [2.05, 4.69) is 20.3 Å². The van der Waals surface area contributed by atoms with E-state index in [0.717, 1.165) is 16.1 Å². The lowest BCUT2D eigenvalue weighted by atomic mass is 10.1. The van der Waals surface area contributed by atoms with Gasteiger partial charge < -0.3 is 31.2 Å². The number of pyridine rings is 1. The fraction of sp³-hybridized carbons (Fsp3) is 0.417. The van der Waals surface area contributed by atoms with Crippen molar-refractivity contribution in [1.82, 2.24) is 20.3 Å². The summed E-state index contributed by atoms with van der Waals surface area (Å²) in [4.78, 5) is 51.9. The fourth-order valence-electron chi connectivity index (χ4n) is 3.70. The van der Waals surface area contributed by atoms with Gasteiger partial charge in [-0.25, -0.2) is 9.78 Å². The number of carbonyl (C=O) groups excluding carboxylic acids is 3. The normalized spacial score (nSPS) is 11.7. The van der Waals surface area contributed by atoms with Crippen LogP contribution in [0.5, 0.6) is 0 Å². The van der Waals surface area contributed by atoms with Gasteiger partial charge in [-0.1, -0.05) is 0 Å². The van der Waals surface area contributed by atoms with Crippen molar-refractivity contribution >= 4 is 57.0 Å². The Labute approximate surface area is 218 Å². The van der Waals surface area contributed by atoms with Crippen LogP contribution in [-0.4, -0.2) is 59.1 Å². The predicted octanol–water partition coefficient (Wildman–Crippen LogP) is 2.20. The first-order valence-electron chi connectivity index (χ1n) is 11.8. The Bertz CT molecular complexity index is 1300. The van der Waals surface area contributed by atoms with Gasteiger partial charge in [0, 0.05) is 26.2 Å². The van der Waals surface area contributed by atoms with E-state index in [1.165, 1.54) is 11.3 Å². The number of ether oxygens (including phenoxy) is 2. The maximum absolute atomic E-state index is 12.9. The zero-order valence-electron chi connectivity index (χ0n) is 21.2. The molecule has 0 saturated heterocycles. The van der Waals surface area contributed by atoms with Crippen molar-refractivity contribution in [1.29, 1.82) is 0 Å². The summed E-state index contributed by atoms with van der Waals surface area (Å²) in [5.74, 6) is -1.14. The molecule has 0 aliphatic carbocycles. The first kappa shape index (κ1) is 27.6. The van der Waals surface area contributed by atoms with Crippen LogP contribution in [0.1, 0.15) is 47.5 Å². The van der Waals surface area contributed by atoms with Crippen molar-refractivity contribution < 1.29 is 23.9 Å². The summed E-state index contributed by atoms with van der Waals surface area (Å²) in [6, 6.07) is 2.53. The highest BCUT2D eigenvalue weighted by molar-refractivity contribution is 7.18. The Morgan fingerprint density at radius 3 is 2.57 bits per heavy atom. The second kappa shape index (κ2) is 12.3. The highest BCUT2D eigenvalue weighted by atomic mass is 32.1. The SMILES string of the molecule is CCOC(=O)CC[C@H](NC(=O)c1ccc(N(C)Cc2cnc3nc(N)nc(N)c3c2C)s1)C(=O)OCC. The van der Waals surface area contributed by atoms with Crippen LogP contribution in [0.4, 0.5) is 16.8 Å². The van der Waals surface area contributed by atoms with Crippen LogP contribution < -0.4 is 21.7 Å². The summed E-state index contributed by atoms with van der Waals surface area (Å²) in [6.45, 7) is 6.18. The molecule has 0 aromatic carbocycles. The lowest BCUT2D eigenvalue weighted by Gasteiger charge is -2.19. The van der Waals surface area contributed by atoms with Crippen molar-refractivity contribution in [3.05, 3.63) is 34.3 Å². The van der Waals surface area contributed by atoms with Crippen molar-refractivity contribution in [3.63, 3.8) is 0 Å². The molecule has 3 aromatic heterocycles. The lowest BCUT2D eigenvalue weighted by molar-refractivity contribution is -0.146. The molecule has 12 nitrogen and oxygen atoms in total. The van der Waals surface area contributed by atoms with Crippen LogP contribution in [0, 0.1) is 6.92 Å². The van der Waals surface area contributed by atoms with E-state index in [1.807, 2.05) is 24.9 Å². The molecule has 5 N–H and O–H groups in total. The zero-order valence-corrected chi connectivity index (χ0v) is 22.1. The second-order valence-electron chi connectivity index (χ2n) is 8.19. The number of hydrogen-bond acceptors (Lipinski definition) is 12. The van der Waals surface area contributed by atoms with Crippen LogP contribution in [0.25, 0.3) is 11.0 Å². The third kappa shape index (κ3) is 6.82. The predicted molar refractivity (Wildman–Crippen MR) is 141 cm³/mol.